The molecule has 0 atom stereocenters. The van der Waals surface area contributed by atoms with E-state index in [1.807, 2.05) is 42.5 Å². The molecule has 0 bridgehead atoms. The lowest BCUT2D eigenvalue weighted by molar-refractivity contribution is -0.146. The van der Waals surface area contributed by atoms with E-state index in [9.17, 15) is 14.4 Å². The van der Waals surface area contributed by atoms with Crippen molar-refractivity contribution in [3.05, 3.63) is 54.2 Å². The molecule has 2 aromatic rings. The van der Waals surface area contributed by atoms with Crippen molar-refractivity contribution >= 4 is 29.5 Å². The summed E-state index contributed by atoms with van der Waals surface area (Å²) < 4.78 is 0. The van der Waals surface area contributed by atoms with Crippen molar-refractivity contribution in [2.75, 3.05) is 26.2 Å². The lowest BCUT2D eigenvalue weighted by atomic mass is 10.2. The molecule has 1 saturated carbocycles. The monoisotopic (exact) mass is 410 g/mol. The van der Waals surface area contributed by atoms with Gasteiger partial charge in [-0.25, -0.2) is 4.98 Å². The van der Waals surface area contributed by atoms with Gasteiger partial charge in [-0.1, -0.05) is 17.8 Å². The van der Waals surface area contributed by atoms with Gasteiger partial charge in [-0.2, -0.15) is 0 Å². The van der Waals surface area contributed by atoms with Crippen molar-refractivity contribution in [1.29, 1.82) is 0 Å². The van der Waals surface area contributed by atoms with Gasteiger partial charge in [0.15, 0.2) is 0 Å². The smallest absolute Gasteiger partial charge is 0.312 e. The maximum atomic E-state index is 12.8. The van der Waals surface area contributed by atoms with Crippen LogP contribution in [0.4, 0.5) is 0 Å². The number of aromatic nitrogens is 1. The van der Waals surface area contributed by atoms with Crippen molar-refractivity contribution in [2.24, 2.45) is 0 Å². The summed E-state index contributed by atoms with van der Waals surface area (Å²) in [5.74, 6) is -1.10. The zero-order chi connectivity index (χ0) is 20.2. The van der Waals surface area contributed by atoms with E-state index in [4.69, 9.17) is 0 Å². The van der Waals surface area contributed by atoms with Gasteiger partial charge in [0.2, 0.25) is 0 Å². The molecule has 3 amide bonds. The van der Waals surface area contributed by atoms with Gasteiger partial charge < -0.3 is 15.1 Å². The average Bonchev–Trinajstić information content (AvgIpc) is 3.58. The third kappa shape index (κ3) is 4.95. The number of piperazine rings is 1. The first-order valence-electron chi connectivity index (χ1n) is 9.68. The second kappa shape index (κ2) is 8.65. The van der Waals surface area contributed by atoms with Crippen LogP contribution < -0.4 is 5.32 Å². The minimum Gasteiger partial charge on any atom is -0.345 e. The topological polar surface area (TPSA) is 82.6 Å². The second-order valence-electron chi connectivity index (χ2n) is 7.13. The number of carbonyl (C=O) groups is 3. The SMILES string of the molecule is O=C(NC1CC1)C(=O)N1CCN(C(=O)c2ccc(Sc3ccccn3)cc2)CC1. The molecule has 0 spiro atoms. The van der Waals surface area contributed by atoms with Gasteiger partial charge in [0.1, 0.15) is 5.03 Å². The van der Waals surface area contributed by atoms with Gasteiger partial charge in [-0.15, -0.1) is 0 Å². The fraction of sp³-hybridized carbons (Fsp3) is 0.333. The van der Waals surface area contributed by atoms with Crippen molar-refractivity contribution < 1.29 is 14.4 Å². The molecule has 0 unspecified atom stereocenters. The highest BCUT2D eigenvalue weighted by molar-refractivity contribution is 7.99. The van der Waals surface area contributed by atoms with Crippen LogP contribution in [0.3, 0.4) is 0 Å². The van der Waals surface area contributed by atoms with Gasteiger partial charge in [0.05, 0.1) is 0 Å². The van der Waals surface area contributed by atoms with Crippen LogP contribution in [0.15, 0.2) is 58.6 Å². The number of nitrogens with one attached hydrogen (secondary N) is 1. The Morgan fingerprint density at radius 3 is 2.24 bits per heavy atom. The molecule has 1 N–H and O–H groups in total. The van der Waals surface area contributed by atoms with Crippen molar-refractivity contribution in [1.82, 2.24) is 20.1 Å². The van der Waals surface area contributed by atoms with Crippen molar-refractivity contribution in [3.8, 4) is 0 Å². The van der Waals surface area contributed by atoms with Gasteiger partial charge in [-0.05, 0) is 49.2 Å². The lowest BCUT2D eigenvalue weighted by Crippen LogP contribution is -2.54. The molecule has 2 aliphatic rings. The molecule has 1 aromatic carbocycles. The van der Waals surface area contributed by atoms with E-state index >= 15 is 0 Å². The van der Waals surface area contributed by atoms with Crippen LogP contribution in [0.5, 0.6) is 0 Å². The Balaban J connectivity index is 1.30. The van der Waals surface area contributed by atoms with E-state index < -0.39 is 11.8 Å². The summed E-state index contributed by atoms with van der Waals surface area (Å²) in [6, 6.07) is 13.4. The van der Waals surface area contributed by atoms with Gasteiger partial charge >= 0.3 is 11.8 Å². The van der Waals surface area contributed by atoms with Crippen LogP contribution in [0.1, 0.15) is 23.2 Å². The molecule has 1 aromatic heterocycles. The molecule has 4 rings (SSSR count). The Morgan fingerprint density at radius 1 is 0.931 bits per heavy atom. The van der Waals surface area contributed by atoms with Crippen LogP contribution in [0.2, 0.25) is 0 Å². The molecule has 1 aliphatic carbocycles. The molecule has 2 fully saturated rings. The summed E-state index contributed by atoms with van der Waals surface area (Å²) in [6.45, 7) is 1.59. The molecule has 150 valence electrons. The predicted octanol–water partition coefficient (Wildman–Crippen LogP) is 1.80. The van der Waals surface area contributed by atoms with E-state index in [2.05, 4.69) is 10.3 Å². The normalized spacial score (nSPS) is 16.4. The number of amides is 3. The molecule has 8 heteroatoms. The lowest BCUT2D eigenvalue weighted by Gasteiger charge is -2.34. The third-order valence-corrected chi connectivity index (χ3v) is 5.88. The van der Waals surface area contributed by atoms with E-state index in [-0.39, 0.29) is 11.9 Å². The van der Waals surface area contributed by atoms with Gasteiger partial charge in [-0.3, -0.25) is 14.4 Å². The molecular weight excluding hydrogens is 388 g/mol. The molecule has 7 nitrogen and oxygen atoms in total. The Hall–Kier alpha value is -2.87. The van der Waals surface area contributed by atoms with Crippen molar-refractivity contribution in [3.63, 3.8) is 0 Å². The Kier molecular flexibility index (Phi) is 5.80. The van der Waals surface area contributed by atoms with Crippen LogP contribution in [-0.4, -0.2) is 64.7 Å². The average molecular weight is 410 g/mol. The van der Waals surface area contributed by atoms with Crippen LogP contribution in [0.25, 0.3) is 0 Å². The highest BCUT2D eigenvalue weighted by Gasteiger charge is 2.31. The number of hydrogen-bond acceptors (Lipinski definition) is 5. The fourth-order valence-corrected chi connectivity index (χ4v) is 3.88. The first-order valence-corrected chi connectivity index (χ1v) is 10.5. The first-order chi connectivity index (χ1) is 14.1. The van der Waals surface area contributed by atoms with E-state index in [0.29, 0.717) is 31.7 Å². The zero-order valence-electron chi connectivity index (χ0n) is 15.9. The number of carbonyl (C=O) groups excluding carboxylic acids is 3. The van der Waals surface area contributed by atoms with E-state index in [1.165, 1.54) is 4.90 Å². The molecule has 2 heterocycles. The third-order valence-electron chi connectivity index (χ3n) is 4.92. The number of nitrogens with zero attached hydrogens (tertiary/aromatic N) is 3. The maximum absolute atomic E-state index is 12.8. The largest absolute Gasteiger partial charge is 0.345 e. The Morgan fingerprint density at radius 2 is 1.62 bits per heavy atom. The number of rotatable bonds is 4. The minimum atomic E-state index is -0.534. The highest BCUT2D eigenvalue weighted by atomic mass is 32.2. The maximum Gasteiger partial charge on any atom is 0.312 e. The molecule has 1 aliphatic heterocycles. The molecular formula is C21H22N4O3S. The number of benzene rings is 1. The molecule has 0 radical (unpaired) electrons. The summed E-state index contributed by atoms with van der Waals surface area (Å²) >= 11 is 1.54. The summed E-state index contributed by atoms with van der Waals surface area (Å²) in [5, 5.41) is 3.62. The number of hydrogen-bond donors (Lipinski definition) is 1. The van der Waals surface area contributed by atoms with Crippen LogP contribution >= 0.6 is 11.8 Å². The molecule has 1 saturated heterocycles. The first kappa shape index (κ1) is 19.4. The quantitative estimate of drug-likeness (QED) is 0.778. The van der Waals surface area contributed by atoms with Crippen LogP contribution in [-0.2, 0) is 9.59 Å². The summed E-state index contributed by atoms with van der Waals surface area (Å²) in [6.07, 6.45) is 3.64. The number of pyridine rings is 1. The predicted molar refractivity (Wildman–Crippen MR) is 108 cm³/mol. The Bertz CT molecular complexity index is 892. The second-order valence-corrected chi connectivity index (χ2v) is 8.22. The van der Waals surface area contributed by atoms with E-state index in [1.54, 1.807) is 22.9 Å². The van der Waals surface area contributed by atoms with E-state index in [0.717, 1.165) is 22.8 Å². The highest BCUT2D eigenvalue weighted by Crippen LogP contribution is 2.26. The van der Waals surface area contributed by atoms with Gasteiger partial charge in [0, 0.05) is 48.9 Å². The fourth-order valence-electron chi connectivity index (χ4n) is 3.11. The standard InChI is InChI=1S/C21H22N4O3S/c26-19(23-16-6-7-16)21(28)25-13-11-24(12-14-25)20(27)15-4-8-17(9-5-15)29-18-3-1-2-10-22-18/h1-5,8-10,16H,6-7,11-14H2,(H,23,26). The zero-order valence-corrected chi connectivity index (χ0v) is 16.7. The van der Waals surface area contributed by atoms with Crippen molar-refractivity contribution in [2.45, 2.75) is 28.8 Å². The molecule has 29 heavy (non-hydrogen) atoms. The Labute approximate surface area is 173 Å². The summed E-state index contributed by atoms with van der Waals surface area (Å²) in [7, 11) is 0. The van der Waals surface area contributed by atoms with Gasteiger partial charge in [0.25, 0.3) is 5.91 Å². The summed E-state index contributed by atoms with van der Waals surface area (Å²) in [4.78, 5) is 45.4. The van der Waals surface area contributed by atoms with Crippen LogP contribution in [0, 0.1) is 0 Å². The summed E-state index contributed by atoms with van der Waals surface area (Å²) in [5.41, 5.74) is 0.613. The minimum absolute atomic E-state index is 0.0612.